The van der Waals surface area contributed by atoms with Crippen LogP contribution in [0.25, 0.3) is 11.3 Å². The SMILES string of the molecule is O=C(Cn1c(-c2ccccc2)c(Cl)nc(NCCCc2ccccc2)c1=O)OCc1ccccc1. The van der Waals surface area contributed by atoms with Crippen molar-refractivity contribution in [3.63, 3.8) is 0 Å². The van der Waals surface area contributed by atoms with Crippen molar-refractivity contribution in [3.8, 4) is 11.3 Å². The zero-order chi connectivity index (χ0) is 24.5. The van der Waals surface area contributed by atoms with Gasteiger partial charge in [0.1, 0.15) is 13.2 Å². The number of esters is 1. The minimum absolute atomic E-state index is 0.110. The van der Waals surface area contributed by atoms with E-state index in [2.05, 4.69) is 22.4 Å². The predicted molar refractivity (Wildman–Crippen MR) is 138 cm³/mol. The summed E-state index contributed by atoms with van der Waals surface area (Å²) < 4.78 is 6.75. The van der Waals surface area contributed by atoms with E-state index in [0.29, 0.717) is 17.8 Å². The second kappa shape index (κ2) is 12.0. The van der Waals surface area contributed by atoms with E-state index >= 15 is 0 Å². The maximum Gasteiger partial charge on any atom is 0.326 e. The van der Waals surface area contributed by atoms with E-state index in [4.69, 9.17) is 16.3 Å². The van der Waals surface area contributed by atoms with Gasteiger partial charge in [-0.15, -0.1) is 0 Å². The van der Waals surface area contributed by atoms with Crippen LogP contribution in [-0.4, -0.2) is 22.1 Å². The lowest BCUT2D eigenvalue weighted by molar-refractivity contribution is -0.145. The van der Waals surface area contributed by atoms with Gasteiger partial charge in [-0.05, 0) is 24.0 Å². The standard InChI is InChI=1S/C28H26ClN3O3/c29-26-25(23-16-8-3-9-17-23)32(19-24(33)35-20-22-13-6-2-7-14-22)28(34)27(31-26)30-18-10-15-21-11-4-1-5-12-21/h1-9,11-14,16-17H,10,15,18-20H2,(H,30,31). The van der Waals surface area contributed by atoms with Gasteiger partial charge in [0.2, 0.25) is 0 Å². The maximum absolute atomic E-state index is 13.4. The molecular weight excluding hydrogens is 462 g/mol. The Morgan fingerprint density at radius 3 is 2.14 bits per heavy atom. The highest BCUT2D eigenvalue weighted by Crippen LogP contribution is 2.26. The number of nitrogens with zero attached hydrogens (tertiary/aromatic N) is 2. The Balaban J connectivity index is 1.53. The summed E-state index contributed by atoms with van der Waals surface area (Å²) in [7, 11) is 0. The number of carbonyl (C=O) groups excluding carboxylic acids is 1. The average molecular weight is 488 g/mol. The van der Waals surface area contributed by atoms with E-state index in [1.165, 1.54) is 10.1 Å². The van der Waals surface area contributed by atoms with Gasteiger partial charge in [0.05, 0.1) is 5.69 Å². The molecule has 0 saturated carbocycles. The molecule has 6 nitrogen and oxygen atoms in total. The lowest BCUT2D eigenvalue weighted by Gasteiger charge is -2.16. The van der Waals surface area contributed by atoms with E-state index in [-0.39, 0.29) is 24.1 Å². The number of ether oxygens (including phenoxy) is 1. The van der Waals surface area contributed by atoms with Gasteiger partial charge in [-0.1, -0.05) is 103 Å². The number of halogens is 1. The van der Waals surface area contributed by atoms with E-state index in [1.54, 1.807) is 0 Å². The second-order valence-electron chi connectivity index (χ2n) is 8.02. The van der Waals surface area contributed by atoms with Crippen LogP contribution in [0.5, 0.6) is 0 Å². The molecule has 0 spiro atoms. The van der Waals surface area contributed by atoms with Crippen LogP contribution in [0.1, 0.15) is 17.5 Å². The molecular formula is C28H26ClN3O3. The Morgan fingerprint density at radius 2 is 1.49 bits per heavy atom. The number of carbonyl (C=O) groups is 1. The maximum atomic E-state index is 13.4. The predicted octanol–water partition coefficient (Wildman–Crippen LogP) is 5.35. The van der Waals surface area contributed by atoms with Crippen molar-refractivity contribution in [1.82, 2.24) is 9.55 Å². The third-order valence-electron chi connectivity index (χ3n) is 5.48. The van der Waals surface area contributed by atoms with Gasteiger partial charge < -0.3 is 10.1 Å². The molecule has 1 N–H and O–H groups in total. The quantitative estimate of drug-likeness (QED) is 0.241. The van der Waals surface area contributed by atoms with Crippen LogP contribution >= 0.6 is 11.6 Å². The van der Waals surface area contributed by atoms with Crippen LogP contribution in [0.4, 0.5) is 5.82 Å². The van der Waals surface area contributed by atoms with Crippen LogP contribution < -0.4 is 10.9 Å². The van der Waals surface area contributed by atoms with Crippen molar-refractivity contribution in [3.05, 3.63) is 118 Å². The van der Waals surface area contributed by atoms with E-state index in [0.717, 1.165) is 18.4 Å². The Bertz CT molecular complexity index is 1310. The highest BCUT2D eigenvalue weighted by Gasteiger charge is 2.19. The largest absolute Gasteiger partial charge is 0.459 e. The van der Waals surface area contributed by atoms with Gasteiger partial charge in [0.15, 0.2) is 11.0 Å². The zero-order valence-electron chi connectivity index (χ0n) is 19.2. The van der Waals surface area contributed by atoms with Crippen molar-refractivity contribution in [2.45, 2.75) is 26.0 Å². The number of hydrogen-bond acceptors (Lipinski definition) is 5. The summed E-state index contributed by atoms with van der Waals surface area (Å²) >= 11 is 6.54. The molecule has 3 aromatic carbocycles. The molecule has 0 bridgehead atoms. The van der Waals surface area contributed by atoms with Crippen molar-refractivity contribution < 1.29 is 9.53 Å². The number of nitrogens with one attached hydrogen (secondary N) is 1. The molecule has 0 amide bonds. The van der Waals surface area contributed by atoms with Crippen LogP contribution in [0.3, 0.4) is 0 Å². The summed E-state index contributed by atoms with van der Waals surface area (Å²) in [5, 5.41) is 3.23. The molecule has 0 fully saturated rings. The normalized spacial score (nSPS) is 10.7. The van der Waals surface area contributed by atoms with Gasteiger partial charge >= 0.3 is 5.97 Å². The minimum atomic E-state index is -0.537. The number of aromatic nitrogens is 2. The summed E-state index contributed by atoms with van der Waals surface area (Å²) in [5.74, 6) is -0.427. The molecule has 0 unspecified atom stereocenters. The molecule has 0 aliphatic heterocycles. The molecule has 0 atom stereocenters. The van der Waals surface area contributed by atoms with Crippen LogP contribution in [0.2, 0.25) is 5.15 Å². The molecule has 0 aliphatic rings. The van der Waals surface area contributed by atoms with Gasteiger partial charge in [-0.2, -0.15) is 0 Å². The van der Waals surface area contributed by atoms with Gasteiger partial charge in [-0.3, -0.25) is 14.2 Å². The molecule has 7 heteroatoms. The first-order valence-electron chi connectivity index (χ1n) is 11.4. The molecule has 35 heavy (non-hydrogen) atoms. The van der Waals surface area contributed by atoms with E-state index < -0.39 is 11.5 Å². The van der Waals surface area contributed by atoms with Crippen molar-refractivity contribution in [1.29, 1.82) is 0 Å². The molecule has 4 rings (SSSR count). The lowest BCUT2D eigenvalue weighted by atomic mass is 10.1. The first kappa shape index (κ1) is 24.2. The number of aryl methyl sites for hydroxylation is 1. The van der Waals surface area contributed by atoms with Crippen LogP contribution in [0.15, 0.2) is 95.8 Å². The molecule has 178 valence electrons. The third kappa shape index (κ3) is 6.58. The van der Waals surface area contributed by atoms with Crippen molar-refractivity contribution in [2.75, 3.05) is 11.9 Å². The highest BCUT2D eigenvalue weighted by atomic mass is 35.5. The molecule has 1 heterocycles. The Hall–Kier alpha value is -3.90. The topological polar surface area (TPSA) is 73.2 Å². The van der Waals surface area contributed by atoms with E-state index in [1.807, 2.05) is 78.9 Å². The first-order chi connectivity index (χ1) is 17.1. The summed E-state index contributed by atoms with van der Waals surface area (Å²) in [6.07, 6.45) is 1.67. The van der Waals surface area contributed by atoms with Crippen molar-refractivity contribution >= 4 is 23.4 Å². The lowest BCUT2D eigenvalue weighted by Crippen LogP contribution is -2.30. The number of hydrogen-bond donors (Lipinski definition) is 1. The second-order valence-corrected chi connectivity index (χ2v) is 8.38. The van der Waals surface area contributed by atoms with E-state index in [9.17, 15) is 9.59 Å². The Kier molecular flexibility index (Phi) is 8.30. The fraction of sp³-hybridized carbons (Fsp3) is 0.179. The molecule has 0 aliphatic carbocycles. The summed E-state index contributed by atoms with van der Waals surface area (Å²) in [6.45, 7) is 0.381. The number of anilines is 1. The summed E-state index contributed by atoms with van der Waals surface area (Å²) in [5.41, 5.74) is 2.73. The molecule has 1 aromatic heterocycles. The minimum Gasteiger partial charge on any atom is -0.459 e. The Labute approximate surface area is 209 Å². The fourth-order valence-electron chi connectivity index (χ4n) is 3.73. The molecule has 4 aromatic rings. The molecule has 0 saturated heterocycles. The Morgan fingerprint density at radius 1 is 0.886 bits per heavy atom. The number of rotatable bonds is 10. The van der Waals surface area contributed by atoms with Crippen LogP contribution in [-0.2, 0) is 29.1 Å². The molecule has 0 radical (unpaired) electrons. The highest BCUT2D eigenvalue weighted by molar-refractivity contribution is 6.32. The van der Waals surface area contributed by atoms with Crippen molar-refractivity contribution in [2.24, 2.45) is 0 Å². The van der Waals surface area contributed by atoms with Gasteiger partial charge in [-0.25, -0.2) is 4.98 Å². The average Bonchev–Trinajstić information content (AvgIpc) is 2.89. The first-order valence-corrected chi connectivity index (χ1v) is 11.8. The third-order valence-corrected chi connectivity index (χ3v) is 5.74. The zero-order valence-corrected chi connectivity index (χ0v) is 19.9. The van der Waals surface area contributed by atoms with Gasteiger partial charge in [0.25, 0.3) is 5.56 Å². The summed E-state index contributed by atoms with van der Waals surface area (Å²) in [4.78, 5) is 30.4. The van der Waals surface area contributed by atoms with Crippen LogP contribution in [0, 0.1) is 0 Å². The van der Waals surface area contributed by atoms with Gasteiger partial charge in [0, 0.05) is 12.1 Å². The smallest absolute Gasteiger partial charge is 0.326 e. The fourth-order valence-corrected chi connectivity index (χ4v) is 4.03. The summed E-state index contributed by atoms with van der Waals surface area (Å²) in [6, 6.07) is 28.7. The number of benzene rings is 3. The monoisotopic (exact) mass is 487 g/mol.